The van der Waals surface area contributed by atoms with E-state index in [0.29, 0.717) is 5.13 Å². The molecule has 0 aliphatic rings. The maximum atomic E-state index is 13.4. The van der Waals surface area contributed by atoms with Crippen molar-refractivity contribution < 1.29 is 17.6 Å². The Bertz CT molecular complexity index is 855. The largest absolute Gasteiger partial charge is 0.299 e. The van der Waals surface area contributed by atoms with Crippen molar-refractivity contribution >= 4 is 38.1 Å². The molecule has 0 bridgehead atoms. The highest BCUT2D eigenvalue weighted by Crippen LogP contribution is 2.20. The summed E-state index contributed by atoms with van der Waals surface area (Å²) in [5, 5.41) is 11.6. The van der Waals surface area contributed by atoms with E-state index >= 15 is 0 Å². The molecule has 10 heteroatoms. The number of nitrogens with zero attached hydrogens (tertiary/aromatic N) is 3. The van der Waals surface area contributed by atoms with Crippen LogP contribution in [0.15, 0.2) is 24.3 Å². The van der Waals surface area contributed by atoms with E-state index in [1.807, 2.05) is 0 Å². The molecule has 1 aromatic carbocycles. The fraction of sp³-hybridized carbons (Fsp3) is 0.438. The number of aryl methyl sites for hydroxylation is 1. The van der Waals surface area contributed by atoms with Crippen LogP contribution in [-0.2, 0) is 21.2 Å². The number of carbonyl (C=O) groups is 1. The van der Waals surface area contributed by atoms with Crippen molar-refractivity contribution in [1.82, 2.24) is 10.2 Å². The lowest BCUT2D eigenvalue weighted by Gasteiger charge is -2.21. The third-order valence-corrected chi connectivity index (χ3v) is 5.53. The number of amides is 1. The van der Waals surface area contributed by atoms with Crippen LogP contribution >= 0.6 is 11.3 Å². The molecule has 0 fully saturated rings. The second-order valence-electron chi connectivity index (χ2n) is 5.76. The van der Waals surface area contributed by atoms with Crippen molar-refractivity contribution in [2.45, 2.75) is 32.6 Å². The van der Waals surface area contributed by atoms with Crippen LogP contribution in [-0.4, -0.2) is 37.3 Å². The summed E-state index contributed by atoms with van der Waals surface area (Å²) >= 11 is 1.26. The van der Waals surface area contributed by atoms with Gasteiger partial charge in [0, 0.05) is 6.42 Å². The van der Waals surface area contributed by atoms with Crippen LogP contribution in [0.2, 0.25) is 0 Å². The summed E-state index contributed by atoms with van der Waals surface area (Å²) < 4.78 is 38.2. The van der Waals surface area contributed by atoms with Crippen LogP contribution < -0.4 is 9.62 Å². The highest BCUT2D eigenvalue weighted by atomic mass is 32.2. The molecule has 0 aliphatic heterocycles. The molecular weight excluding hydrogens is 379 g/mol. The molecule has 1 N–H and O–H groups in total. The molecule has 7 nitrogen and oxygen atoms in total. The molecule has 0 radical (unpaired) electrons. The van der Waals surface area contributed by atoms with Crippen molar-refractivity contribution in [1.29, 1.82) is 0 Å². The Labute approximate surface area is 156 Å². The number of hydrogen-bond donors (Lipinski definition) is 1. The fourth-order valence-electron chi connectivity index (χ4n) is 2.25. The van der Waals surface area contributed by atoms with Gasteiger partial charge in [0.1, 0.15) is 17.4 Å². The zero-order valence-corrected chi connectivity index (χ0v) is 16.2. The number of nitrogens with one attached hydrogen (secondary N) is 1. The Morgan fingerprint density at radius 1 is 1.31 bits per heavy atom. The van der Waals surface area contributed by atoms with Crippen LogP contribution in [0.5, 0.6) is 0 Å². The van der Waals surface area contributed by atoms with Gasteiger partial charge >= 0.3 is 0 Å². The highest BCUT2D eigenvalue weighted by Gasteiger charge is 2.22. The number of hydrogen-bond acceptors (Lipinski definition) is 6. The Balaban J connectivity index is 2.04. The summed E-state index contributed by atoms with van der Waals surface area (Å²) in [7, 11) is -3.76. The van der Waals surface area contributed by atoms with Crippen LogP contribution in [0.25, 0.3) is 0 Å². The predicted molar refractivity (Wildman–Crippen MR) is 100 cm³/mol. The van der Waals surface area contributed by atoms with Gasteiger partial charge in [-0.2, -0.15) is 0 Å². The van der Waals surface area contributed by atoms with Crippen molar-refractivity contribution in [2.24, 2.45) is 0 Å². The van der Waals surface area contributed by atoms with Gasteiger partial charge in [-0.15, -0.1) is 10.2 Å². The van der Waals surface area contributed by atoms with Crippen molar-refractivity contribution in [3.63, 3.8) is 0 Å². The number of benzene rings is 1. The van der Waals surface area contributed by atoms with E-state index in [9.17, 15) is 17.6 Å². The SMILES string of the molecule is CCCCCc1nnc(NC(=O)CN(c2cccc(F)c2)S(C)(=O)=O)s1. The molecule has 0 unspecified atom stereocenters. The van der Waals surface area contributed by atoms with E-state index in [1.165, 1.54) is 29.5 Å². The summed E-state index contributed by atoms with van der Waals surface area (Å²) in [4.78, 5) is 12.2. The summed E-state index contributed by atoms with van der Waals surface area (Å²) in [6, 6.07) is 5.07. The van der Waals surface area contributed by atoms with E-state index in [0.717, 1.165) is 47.3 Å². The molecule has 0 aliphatic carbocycles. The molecule has 0 spiro atoms. The summed E-state index contributed by atoms with van der Waals surface area (Å²) in [5.41, 5.74) is 0.0835. The van der Waals surface area contributed by atoms with E-state index in [-0.39, 0.29) is 5.69 Å². The third kappa shape index (κ3) is 6.03. The normalized spacial score (nSPS) is 11.3. The van der Waals surface area contributed by atoms with Gasteiger partial charge in [0.2, 0.25) is 21.1 Å². The van der Waals surface area contributed by atoms with Gasteiger partial charge in [-0.05, 0) is 24.6 Å². The number of aromatic nitrogens is 2. The standard InChI is InChI=1S/C16H21FN4O3S2/c1-3-4-5-9-15-19-20-16(25-15)18-14(22)11-21(26(2,23)24)13-8-6-7-12(17)10-13/h6-8,10H,3-5,9,11H2,1-2H3,(H,18,20,22). The Morgan fingerprint density at radius 3 is 2.73 bits per heavy atom. The van der Waals surface area contributed by atoms with Crippen molar-refractivity contribution in [2.75, 3.05) is 22.4 Å². The van der Waals surface area contributed by atoms with Crippen LogP contribution in [0, 0.1) is 5.82 Å². The topological polar surface area (TPSA) is 92.3 Å². The van der Waals surface area contributed by atoms with Crippen LogP contribution in [0.4, 0.5) is 15.2 Å². The molecule has 1 aromatic heterocycles. The lowest BCUT2D eigenvalue weighted by Crippen LogP contribution is -2.37. The van der Waals surface area contributed by atoms with Gasteiger partial charge < -0.3 is 0 Å². The Kier molecular flexibility index (Phi) is 7.04. The first-order valence-electron chi connectivity index (χ1n) is 8.15. The number of carbonyl (C=O) groups excluding carboxylic acids is 1. The number of halogens is 1. The molecule has 0 atom stereocenters. The third-order valence-electron chi connectivity index (χ3n) is 3.49. The maximum absolute atomic E-state index is 13.4. The van der Waals surface area contributed by atoms with Crippen LogP contribution in [0.3, 0.4) is 0 Å². The quantitative estimate of drug-likeness (QED) is 0.654. The molecular formula is C16H21FN4O3S2. The maximum Gasteiger partial charge on any atom is 0.246 e. The average molecular weight is 401 g/mol. The van der Waals surface area contributed by atoms with Gasteiger partial charge in [0.25, 0.3) is 0 Å². The van der Waals surface area contributed by atoms with E-state index in [4.69, 9.17) is 0 Å². The zero-order chi connectivity index (χ0) is 19.2. The number of unbranched alkanes of at least 4 members (excludes halogenated alkanes) is 2. The first-order chi connectivity index (χ1) is 12.3. The lowest BCUT2D eigenvalue weighted by atomic mass is 10.2. The van der Waals surface area contributed by atoms with Crippen molar-refractivity contribution in [3.8, 4) is 0 Å². The first-order valence-corrected chi connectivity index (χ1v) is 10.8. The second kappa shape index (κ2) is 9.04. The molecule has 0 saturated heterocycles. The van der Waals surface area contributed by atoms with Gasteiger partial charge in [-0.1, -0.05) is 37.2 Å². The Morgan fingerprint density at radius 2 is 2.08 bits per heavy atom. The van der Waals surface area contributed by atoms with E-state index < -0.39 is 28.3 Å². The number of rotatable bonds is 9. The summed E-state index contributed by atoms with van der Waals surface area (Å²) in [5.74, 6) is -1.16. The number of anilines is 2. The van der Waals surface area contributed by atoms with Crippen LogP contribution in [0.1, 0.15) is 31.2 Å². The van der Waals surface area contributed by atoms with E-state index in [1.54, 1.807) is 0 Å². The molecule has 1 amide bonds. The fourth-order valence-corrected chi connectivity index (χ4v) is 3.90. The molecule has 2 aromatic rings. The molecule has 0 saturated carbocycles. The average Bonchev–Trinajstić information content (AvgIpc) is 2.99. The van der Waals surface area contributed by atoms with E-state index in [2.05, 4.69) is 22.4 Å². The van der Waals surface area contributed by atoms with Crippen molar-refractivity contribution in [3.05, 3.63) is 35.1 Å². The summed E-state index contributed by atoms with van der Waals surface area (Å²) in [6.07, 6.45) is 4.95. The molecule has 2 rings (SSSR count). The molecule has 1 heterocycles. The van der Waals surface area contributed by atoms with Gasteiger partial charge in [0.15, 0.2) is 0 Å². The molecule has 142 valence electrons. The zero-order valence-electron chi connectivity index (χ0n) is 14.6. The smallest absolute Gasteiger partial charge is 0.246 e. The van der Waals surface area contributed by atoms with Gasteiger partial charge in [-0.25, -0.2) is 12.8 Å². The Hall–Kier alpha value is -2.07. The van der Waals surface area contributed by atoms with Gasteiger partial charge in [0.05, 0.1) is 11.9 Å². The highest BCUT2D eigenvalue weighted by molar-refractivity contribution is 7.92. The minimum atomic E-state index is -3.76. The second-order valence-corrected chi connectivity index (χ2v) is 8.72. The predicted octanol–water partition coefficient (Wildman–Crippen LogP) is 2.81. The minimum absolute atomic E-state index is 0.0835. The van der Waals surface area contributed by atoms with Gasteiger partial charge in [-0.3, -0.25) is 14.4 Å². The lowest BCUT2D eigenvalue weighted by molar-refractivity contribution is -0.114. The molecule has 26 heavy (non-hydrogen) atoms. The minimum Gasteiger partial charge on any atom is -0.299 e. The monoisotopic (exact) mass is 400 g/mol. The number of sulfonamides is 1. The summed E-state index contributed by atoms with van der Waals surface area (Å²) in [6.45, 7) is 1.63. The first kappa shape index (κ1) is 20.2.